The molecule has 5 nitrogen and oxygen atoms in total. The number of carbonyl (C=O) groups excluding carboxylic acids is 2. The maximum atomic E-state index is 13.3. The fourth-order valence-corrected chi connectivity index (χ4v) is 4.39. The van der Waals surface area contributed by atoms with E-state index in [1.54, 1.807) is 26.8 Å². The summed E-state index contributed by atoms with van der Waals surface area (Å²) in [5, 5.41) is 6.28. The number of ketones is 1. The van der Waals surface area contributed by atoms with Crippen molar-refractivity contribution in [3.63, 3.8) is 0 Å². The van der Waals surface area contributed by atoms with Gasteiger partial charge in [0, 0.05) is 17.2 Å². The normalized spacial score (nSPS) is 12.9. The first kappa shape index (κ1) is 23.1. The molecular formula is C22H20ClFN2O3S2. The van der Waals surface area contributed by atoms with Crippen LogP contribution in [0.5, 0.6) is 0 Å². The highest BCUT2D eigenvalue weighted by atomic mass is 35.5. The van der Waals surface area contributed by atoms with E-state index in [1.165, 1.54) is 34.1 Å². The van der Waals surface area contributed by atoms with Gasteiger partial charge in [-0.3, -0.25) is 19.0 Å². The van der Waals surface area contributed by atoms with E-state index in [-0.39, 0.29) is 22.9 Å². The number of amides is 1. The lowest BCUT2D eigenvalue weighted by atomic mass is 9.91. The van der Waals surface area contributed by atoms with Crippen LogP contribution in [0.25, 0.3) is 12.2 Å². The lowest BCUT2D eigenvalue weighted by Crippen LogP contribution is -2.36. The van der Waals surface area contributed by atoms with Gasteiger partial charge in [-0.2, -0.15) is 11.3 Å². The molecule has 0 aliphatic carbocycles. The Morgan fingerprint density at radius 1 is 1.26 bits per heavy atom. The molecule has 162 valence electrons. The number of aromatic nitrogens is 1. The summed E-state index contributed by atoms with van der Waals surface area (Å²) in [6.07, 6.45) is 3.13. The predicted molar refractivity (Wildman–Crippen MR) is 125 cm³/mol. The first-order chi connectivity index (χ1) is 14.5. The zero-order valence-corrected chi connectivity index (χ0v) is 19.5. The van der Waals surface area contributed by atoms with Gasteiger partial charge in [0.05, 0.1) is 9.55 Å². The number of benzene rings is 1. The largest absolute Gasteiger partial charge is 0.324 e. The van der Waals surface area contributed by atoms with Crippen molar-refractivity contribution in [2.75, 3.05) is 5.32 Å². The number of thiazole rings is 1. The fourth-order valence-electron chi connectivity index (χ4n) is 2.55. The first-order valence-corrected chi connectivity index (χ1v) is 11.4. The second kappa shape index (κ2) is 9.30. The lowest BCUT2D eigenvalue weighted by Gasteiger charge is -2.13. The van der Waals surface area contributed by atoms with E-state index in [0.29, 0.717) is 14.9 Å². The van der Waals surface area contributed by atoms with Gasteiger partial charge in [0.2, 0.25) is 5.91 Å². The number of carbonyl (C=O) groups is 2. The van der Waals surface area contributed by atoms with Crippen LogP contribution >= 0.6 is 34.3 Å². The SMILES string of the molecule is CC(C)(C)C(=O)/C=c1\s/c(=C\c2ccsc2)c(=O)n1CC(=O)Nc1ccc(F)c(Cl)c1. The highest BCUT2D eigenvalue weighted by molar-refractivity contribution is 7.08. The lowest BCUT2D eigenvalue weighted by molar-refractivity contribution is -0.120. The topological polar surface area (TPSA) is 68.2 Å². The number of nitrogens with zero attached hydrogens (tertiary/aromatic N) is 1. The average molecular weight is 479 g/mol. The second-order valence-electron chi connectivity index (χ2n) is 7.83. The third-order valence-electron chi connectivity index (χ3n) is 4.28. The molecule has 3 rings (SSSR count). The van der Waals surface area contributed by atoms with Gasteiger partial charge in [0.15, 0.2) is 5.78 Å². The van der Waals surface area contributed by atoms with Crippen molar-refractivity contribution >= 4 is 63.8 Å². The number of hydrogen-bond acceptors (Lipinski definition) is 5. The number of thiophene rings is 1. The van der Waals surface area contributed by atoms with Crippen LogP contribution in [0.3, 0.4) is 0 Å². The Kier molecular flexibility index (Phi) is 6.93. The molecule has 0 fully saturated rings. The molecule has 2 heterocycles. The van der Waals surface area contributed by atoms with Crippen LogP contribution in [0.1, 0.15) is 26.3 Å². The Morgan fingerprint density at radius 3 is 2.61 bits per heavy atom. The minimum atomic E-state index is -0.630. The quantitative estimate of drug-likeness (QED) is 0.609. The van der Waals surface area contributed by atoms with Crippen LogP contribution in [0, 0.1) is 11.2 Å². The number of Topliss-reactive ketones (excluding diaryl/α,β-unsaturated/α-hetero) is 1. The van der Waals surface area contributed by atoms with Gasteiger partial charge in [0.1, 0.15) is 17.0 Å². The van der Waals surface area contributed by atoms with Crippen molar-refractivity contribution in [2.45, 2.75) is 27.3 Å². The maximum absolute atomic E-state index is 13.3. The molecule has 0 atom stereocenters. The smallest absolute Gasteiger partial charge is 0.269 e. The van der Waals surface area contributed by atoms with Crippen molar-refractivity contribution in [1.82, 2.24) is 4.57 Å². The molecule has 0 aliphatic heterocycles. The summed E-state index contributed by atoms with van der Waals surface area (Å²) < 4.78 is 15.4. The highest BCUT2D eigenvalue weighted by Crippen LogP contribution is 2.19. The van der Waals surface area contributed by atoms with Crippen molar-refractivity contribution in [2.24, 2.45) is 5.41 Å². The summed E-state index contributed by atoms with van der Waals surface area (Å²) in [5.74, 6) is -1.25. The zero-order valence-electron chi connectivity index (χ0n) is 17.1. The van der Waals surface area contributed by atoms with Gasteiger partial charge >= 0.3 is 0 Å². The van der Waals surface area contributed by atoms with Crippen LogP contribution < -0.4 is 20.1 Å². The molecule has 1 N–H and O–H groups in total. The highest BCUT2D eigenvalue weighted by Gasteiger charge is 2.20. The summed E-state index contributed by atoms with van der Waals surface area (Å²) in [5.41, 5.74) is 0.182. The van der Waals surface area contributed by atoms with Crippen molar-refractivity contribution in [3.8, 4) is 0 Å². The minimum absolute atomic E-state index is 0.122. The van der Waals surface area contributed by atoms with Crippen LogP contribution in [0.4, 0.5) is 10.1 Å². The van der Waals surface area contributed by atoms with Crippen LogP contribution in [0.15, 0.2) is 39.8 Å². The Bertz CT molecular complexity index is 1300. The van der Waals surface area contributed by atoms with Crippen LogP contribution in [-0.2, 0) is 16.1 Å². The van der Waals surface area contributed by atoms with Crippen LogP contribution in [-0.4, -0.2) is 16.3 Å². The standard InChI is InChI=1S/C22H20ClFN2O3S2/c1-22(2,3)18(27)10-20-26(21(29)17(31-20)8-13-6-7-30-12-13)11-19(28)25-14-4-5-16(24)15(23)9-14/h4-10,12H,11H2,1-3H3,(H,25,28)/b17-8-,20-10-. The number of halogens is 2. The van der Waals surface area contributed by atoms with Crippen LogP contribution in [0.2, 0.25) is 5.02 Å². The van der Waals surface area contributed by atoms with E-state index in [4.69, 9.17) is 11.6 Å². The Morgan fingerprint density at radius 2 is 2.00 bits per heavy atom. The van der Waals surface area contributed by atoms with Gasteiger partial charge in [-0.05, 0) is 46.7 Å². The van der Waals surface area contributed by atoms with Crippen molar-refractivity contribution < 1.29 is 14.0 Å². The summed E-state index contributed by atoms with van der Waals surface area (Å²) >= 11 is 8.41. The van der Waals surface area contributed by atoms with E-state index in [0.717, 1.165) is 23.0 Å². The third kappa shape index (κ3) is 5.78. The molecule has 9 heteroatoms. The number of rotatable bonds is 5. The van der Waals surface area contributed by atoms with Crippen molar-refractivity contribution in [1.29, 1.82) is 0 Å². The minimum Gasteiger partial charge on any atom is -0.324 e. The summed E-state index contributed by atoms with van der Waals surface area (Å²) in [4.78, 5) is 38.1. The van der Waals surface area contributed by atoms with Gasteiger partial charge in [0.25, 0.3) is 5.56 Å². The van der Waals surface area contributed by atoms with E-state index >= 15 is 0 Å². The number of anilines is 1. The summed E-state index contributed by atoms with van der Waals surface area (Å²) in [7, 11) is 0. The molecule has 1 amide bonds. The third-order valence-corrected chi connectivity index (χ3v) is 6.33. The number of nitrogens with one attached hydrogen (secondary N) is 1. The van der Waals surface area contributed by atoms with Crippen molar-refractivity contribution in [3.05, 3.63) is 71.0 Å². The monoisotopic (exact) mass is 478 g/mol. The van der Waals surface area contributed by atoms with Gasteiger partial charge in [-0.15, -0.1) is 11.3 Å². The molecule has 0 radical (unpaired) electrons. The molecule has 0 saturated carbocycles. The van der Waals surface area contributed by atoms with Gasteiger partial charge in [-0.25, -0.2) is 4.39 Å². The average Bonchev–Trinajstić information content (AvgIpc) is 3.28. The summed E-state index contributed by atoms with van der Waals surface area (Å²) in [6, 6.07) is 5.69. The predicted octanol–water partition coefficient (Wildman–Crippen LogP) is 3.63. The fraction of sp³-hybridized carbons (Fsp3) is 0.227. The van der Waals surface area contributed by atoms with Gasteiger partial charge < -0.3 is 5.32 Å². The maximum Gasteiger partial charge on any atom is 0.269 e. The molecule has 0 spiro atoms. The Balaban J connectivity index is 2.01. The first-order valence-electron chi connectivity index (χ1n) is 9.29. The second-order valence-corrected chi connectivity index (χ2v) is 10.1. The molecule has 0 saturated heterocycles. The molecule has 0 unspecified atom stereocenters. The molecule has 2 aromatic heterocycles. The van der Waals surface area contributed by atoms with E-state index < -0.39 is 17.1 Å². The summed E-state index contributed by atoms with van der Waals surface area (Å²) in [6.45, 7) is 5.05. The van der Waals surface area contributed by atoms with E-state index in [9.17, 15) is 18.8 Å². The molecule has 31 heavy (non-hydrogen) atoms. The van der Waals surface area contributed by atoms with E-state index in [2.05, 4.69) is 5.32 Å². The van der Waals surface area contributed by atoms with E-state index in [1.807, 2.05) is 16.8 Å². The molecule has 0 aliphatic rings. The Hall–Kier alpha value is -2.55. The zero-order chi connectivity index (χ0) is 22.8. The molecular weight excluding hydrogens is 459 g/mol. The number of hydrogen-bond donors (Lipinski definition) is 1. The molecule has 1 aromatic carbocycles. The molecule has 3 aromatic rings. The van der Waals surface area contributed by atoms with Gasteiger partial charge in [-0.1, -0.05) is 32.4 Å². The molecule has 0 bridgehead atoms. The Labute approximate surface area is 191 Å².